The van der Waals surface area contributed by atoms with Crippen molar-refractivity contribution in [3.63, 3.8) is 0 Å². The van der Waals surface area contributed by atoms with Gasteiger partial charge in [0.15, 0.2) is 11.5 Å². The first-order valence-corrected chi connectivity index (χ1v) is 9.31. The number of rotatable bonds is 8. The number of sulfonamides is 1. The number of benzene rings is 2. The molecule has 0 radical (unpaired) electrons. The van der Waals surface area contributed by atoms with Crippen LogP contribution in [-0.2, 0) is 16.6 Å². The van der Waals surface area contributed by atoms with Gasteiger partial charge < -0.3 is 9.47 Å². The summed E-state index contributed by atoms with van der Waals surface area (Å²) in [4.78, 5) is 0.296. The highest BCUT2D eigenvalue weighted by atomic mass is 32.2. The third-order valence-electron chi connectivity index (χ3n) is 3.62. The number of ether oxygens (including phenoxy) is 2. The molecule has 2 aromatic rings. The summed E-state index contributed by atoms with van der Waals surface area (Å²) in [5.41, 5.74) is 0.844. The van der Waals surface area contributed by atoms with E-state index in [1.54, 1.807) is 43.5 Å². The fourth-order valence-corrected chi connectivity index (χ4v) is 3.86. The quantitative estimate of drug-likeness (QED) is 0.734. The van der Waals surface area contributed by atoms with E-state index in [0.717, 1.165) is 5.56 Å². The van der Waals surface area contributed by atoms with Gasteiger partial charge in [-0.3, -0.25) is 0 Å². The van der Waals surface area contributed by atoms with Gasteiger partial charge in [0.05, 0.1) is 18.6 Å². The predicted molar refractivity (Wildman–Crippen MR) is 93.9 cm³/mol. The minimum atomic E-state index is -3.53. The maximum absolute atomic E-state index is 12.8. The van der Waals surface area contributed by atoms with Crippen LogP contribution in [0.5, 0.6) is 11.5 Å². The van der Waals surface area contributed by atoms with Crippen LogP contribution in [0.2, 0.25) is 0 Å². The first-order chi connectivity index (χ1) is 11.5. The molecule has 0 aliphatic heterocycles. The first kappa shape index (κ1) is 18.3. The molecule has 6 heteroatoms. The fourth-order valence-electron chi connectivity index (χ4n) is 2.40. The third kappa shape index (κ3) is 4.07. The lowest BCUT2D eigenvalue weighted by Gasteiger charge is -2.21. The van der Waals surface area contributed by atoms with Crippen LogP contribution in [0, 0.1) is 0 Å². The zero-order chi connectivity index (χ0) is 17.6. The number of methoxy groups -OCH3 is 1. The minimum absolute atomic E-state index is 0.274. The Morgan fingerprint density at radius 2 is 1.71 bits per heavy atom. The lowest BCUT2D eigenvalue weighted by molar-refractivity contribution is 0.310. The van der Waals surface area contributed by atoms with Gasteiger partial charge in [-0.25, -0.2) is 8.42 Å². The van der Waals surface area contributed by atoms with Crippen LogP contribution in [-0.4, -0.2) is 33.0 Å². The summed E-state index contributed by atoms with van der Waals surface area (Å²) in [6, 6.07) is 13.9. The van der Waals surface area contributed by atoms with Crippen molar-refractivity contribution >= 4 is 10.0 Å². The molecule has 0 saturated heterocycles. The fraction of sp³-hybridized carbons (Fsp3) is 0.333. The highest BCUT2D eigenvalue weighted by molar-refractivity contribution is 7.89. The van der Waals surface area contributed by atoms with Gasteiger partial charge >= 0.3 is 0 Å². The molecule has 0 bridgehead atoms. The molecule has 0 aliphatic rings. The maximum atomic E-state index is 12.8. The molecule has 0 aromatic heterocycles. The number of hydrogen-bond acceptors (Lipinski definition) is 4. The summed E-state index contributed by atoms with van der Waals surface area (Å²) in [6.07, 6.45) is 0. The van der Waals surface area contributed by atoms with Gasteiger partial charge in [-0.2, -0.15) is 4.31 Å². The highest BCUT2D eigenvalue weighted by Gasteiger charge is 2.23. The summed E-state index contributed by atoms with van der Waals surface area (Å²) in [5, 5.41) is 0. The second-order valence-corrected chi connectivity index (χ2v) is 7.10. The Morgan fingerprint density at radius 1 is 1.00 bits per heavy atom. The van der Waals surface area contributed by atoms with E-state index >= 15 is 0 Å². The van der Waals surface area contributed by atoms with Crippen molar-refractivity contribution in [1.82, 2.24) is 4.31 Å². The molecule has 0 fully saturated rings. The standard InChI is InChI=1S/C18H23NO4S/c1-4-19(24(20,21)16-9-7-6-8-10-16)14-15-11-12-17(23-5-2)18(13-15)22-3/h6-13H,4-5,14H2,1-3H3. The van der Waals surface area contributed by atoms with Crippen molar-refractivity contribution in [2.75, 3.05) is 20.3 Å². The Morgan fingerprint density at radius 3 is 2.29 bits per heavy atom. The summed E-state index contributed by atoms with van der Waals surface area (Å²) >= 11 is 0. The average molecular weight is 349 g/mol. The summed E-state index contributed by atoms with van der Waals surface area (Å²) in [7, 11) is -1.96. The Bertz CT molecular complexity index is 760. The number of nitrogens with zero attached hydrogens (tertiary/aromatic N) is 1. The lowest BCUT2D eigenvalue weighted by Crippen LogP contribution is -2.30. The van der Waals surface area contributed by atoms with Gasteiger partial charge in [0, 0.05) is 13.1 Å². The second-order valence-electron chi connectivity index (χ2n) is 5.16. The van der Waals surface area contributed by atoms with Crippen molar-refractivity contribution in [2.45, 2.75) is 25.3 Å². The van der Waals surface area contributed by atoms with Crippen LogP contribution in [0.4, 0.5) is 0 Å². The molecule has 0 saturated carbocycles. The molecule has 0 heterocycles. The van der Waals surface area contributed by atoms with E-state index in [2.05, 4.69) is 0 Å². The second kappa shape index (κ2) is 8.17. The van der Waals surface area contributed by atoms with Gasteiger partial charge in [-0.15, -0.1) is 0 Å². The molecule has 24 heavy (non-hydrogen) atoms. The molecular formula is C18H23NO4S. The Labute approximate surface area is 143 Å². The monoisotopic (exact) mass is 349 g/mol. The summed E-state index contributed by atoms with van der Waals surface area (Å²) in [5.74, 6) is 1.25. The molecule has 0 amide bonds. The van der Waals surface area contributed by atoms with Gasteiger partial charge in [-0.1, -0.05) is 31.2 Å². The van der Waals surface area contributed by atoms with Gasteiger partial charge in [0.1, 0.15) is 0 Å². The van der Waals surface area contributed by atoms with E-state index in [9.17, 15) is 8.42 Å². The zero-order valence-electron chi connectivity index (χ0n) is 14.2. The van der Waals surface area contributed by atoms with E-state index in [-0.39, 0.29) is 6.54 Å². The molecule has 2 aromatic carbocycles. The van der Waals surface area contributed by atoms with Gasteiger partial charge in [0.2, 0.25) is 10.0 Å². The van der Waals surface area contributed by atoms with Crippen molar-refractivity contribution in [3.05, 3.63) is 54.1 Å². The maximum Gasteiger partial charge on any atom is 0.243 e. The molecule has 0 spiro atoms. The van der Waals surface area contributed by atoms with Crippen LogP contribution in [0.15, 0.2) is 53.4 Å². The van der Waals surface area contributed by atoms with Gasteiger partial charge in [-0.05, 0) is 36.8 Å². The average Bonchev–Trinajstić information content (AvgIpc) is 2.61. The van der Waals surface area contributed by atoms with E-state index in [0.29, 0.717) is 29.5 Å². The molecule has 5 nitrogen and oxygen atoms in total. The molecule has 0 aliphatic carbocycles. The SMILES string of the molecule is CCOc1ccc(CN(CC)S(=O)(=O)c2ccccc2)cc1OC. The number of hydrogen-bond donors (Lipinski definition) is 0. The predicted octanol–water partition coefficient (Wildman–Crippen LogP) is 3.30. The van der Waals surface area contributed by atoms with E-state index in [1.165, 1.54) is 4.31 Å². The smallest absolute Gasteiger partial charge is 0.243 e. The molecular weight excluding hydrogens is 326 g/mol. The normalized spacial score (nSPS) is 11.5. The van der Waals surface area contributed by atoms with E-state index < -0.39 is 10.0 Å². The van der Waals surface area contributed by atoms with Crippen LogP contribution < -0.4 is 9.47 Å². The molecule has 130 valence electrons. The van der Waals surface area contributed by atoms with E-state index in [1.807, 2.05) is 26.0 Å². The lowest BCUT2D eigenvalue weighted by atomic mass is 10.2. The third-order valence-corrected chi connectivity index (χ3v) is 5.56. The van der Waals surface area contributed by atoms with Crippen molar-refractivity contribution in [2.24, 2.45) is 0 Å². The first-order valence-electron chi connectivity index (χ1n) is 7.87. The topological polar surface area (TPSA) is 55.8 Å². The molecule has 0 N–H and O–H groups in total. The molecule has 2 rings (SSSR count). The summed E-state index contributed by atoms with van der Waals surface area (Å²) < 4.78 is 37.8. The van der Waals surface area contributed by atoms with E-state index in [4.69, 9.17) is 9.47 Å². The summed E-state index contributed by atoms with van der Waals surface area (Å²) in [6.45, 7) is 4.92. The minimum Gasteiger partial charge on any atom is -0.493 e. The van der Waals surface area contributed by atoms with Crippen LogP contribution in [0.3, 0.4) is 0 Å². The van der Waals surface area contributed by atoms with Gasteiger partial charge in [0.25, 0.3) is 0 Å². The molecule has 0 unspecified atom stereocenters. The van der Waals surface area contributed by atoms with Crippen molar-refractivity contribution < 1.29 is 17.9 Å². The van der Waals surface area contributed by atoms with Crippen molar-refractivity contribution in [3.8, 4) is 11.5 Å². The largest absolute Gasteiger partial charge is 0.493 e. The Kier molecular flexibility index (Phi) is 6.23. The van der Waals surface area contributed by atoms with Crippen LogP contribution in [0.25, 0.3) is 0 Å². The van der Waals surface area contributed by atoms with Crippen LogP contribution in [0.1, 0.15) is 19.4 Å². The Hall–Kier alpha value is -2.05. The van der Waals surface area contributed by atoms with Crippen LogP contribution >= 0.6 is 0 Å². The highest BCUT2D eigenvalue weighted by Crippen LogP contribution is 2.29. The van der Waals surface area contributed by atoms with Crippen molar-refractivity contribution in [1.29, 1.82) is 0 Å². The Balaban J connectivity index is 2.27. The molecule has 0 atom stereocenters. The zero-order valence-corrected chi connectivity index (χ0v) is 15.0.